The quantitative estimate of drug-likeness (QED) is 0.495. The molecule has 7 nitrogen and oxygen atoms in total. The van der Waals surface area contributed by atoms with Crippen molar-refractivity contribution in [1.29, 1.82) is 0 Å². The summed E-state index contributed by atoms with van der Waals surface area (Å²) in [4.78, 5) is 21.4. The molecule has 3 rings (SSSR count). The average Bonchev–Trinajstić information content (AvgIpc) is 2.63. The molecule has 0 amide bonds. The molecule has 9 heteroatoms. The summed E-state index contributed by atoms with van der Waals surface area (Å²) in [7, 11) is 0. The maximum atomic E-state index is 12.4. The van der Waals surface area contributed by atoms with Gasteiger partial charge in [-0.05, 0) is 28.7 Å². The molecule has 0 radical (unpaired) electrons. The van der Waals surface area contributed by atoms with E-state index in [2.05, 4.69) is 52.3 Å². The third-order valence-corrected chi connectivity index (χ3v) is 4.32. The molecule has 0 aliphatic carbocycles. The van der Waals surface area contributed by atoms with Crippen molar-refractivity contribution >= 4 is 34.4 Å². The summed E-state index contributed by atoms with van der Waals surface area (Å²) in [6.07, 6.45) is 6.85. The summed E-state index contributed by atoms with van der Waals surface area (Å²) in [5, 5.41) is 0. The number of halogens is 2. The van der Waals surface area contributed by atoms with Gasteiger partial charge < -0.3 is 14.5 Å². The van der Waals surface area contributed by atoms with E-state index in [4.69, 9.17) is 4.74 Å². The summed E-state index contributed by atoms with van der Waals surface area (Å²) in [5.41, 5.74) is 0. The Morgan fingerprint density at radius 3 is 2.79 bits per heavy atom. The van der Waals surface area contributed by atoms with Crippen molar-refractivity contribution in [2.45, 2.75) is 6.04 Å². The maximum absolute atomic E-state index is 12.4. The van der Waals surface area contributed by atoms with Crippen LogP contribution in [0.1, 0.15) is 0 Å². The van der Waals surface area contributed by atoms with E-state index >= 15 is 0 Å². The molecule has 0 bridgehead atoms. The number of piperazine rings is 1. The normalized spacial score (nSPS) is 18.0. The highest BCUT2D eigenvalue weighted by atomic mass is 127. The summed E-state index contributed by atoms with van der Waals surface area (Å²) < 4.78 is 18.8. The highest BCUT2D eigenvalue weighted by Crippen LogP contribution is 2.20. The number of rotatable bonds is 6. The molecule has 0 unspecified atom stereocenters. The minimum absolute atomic E-state index is 0.0445. The third kappa shape index (κ3) is 4.26. The molecule has 1 atom stereocenters. The standard InChI is InChI=1S/C15H18FIN6O/c16-2-6-24-10-13-9-22(15-19-7-12(17)8-20-15)4-5-23(13)14-1-3-18-11-21-14/h1,3,7-8,11,13H,2,4-6,9-10H2/t13-/m1/s1. The Morgan fingerprint density at radius 1 is 1.25 bits per heavy atom. The van der Waals surface area contributed by atoms with Crippen molar-refractivity contribution in [3.05, 3.63) is 34.6 Å². The molecule has 3 heterocycles. The number of anilines is 2. The Labute approximate surface area is 153 Å². The zero-order valence-electron chi connectivity index (χ0n) is 13.1. The second-order valence-corrected chi connectivity index (χ2v) is 6.57. The van der Waals surface area contributed by atoms with Gasteiger partial charge in [-0.25, -0.2) is 24.3 Å². The SMILES string of the molecule is FCCOC[C@H]1CN(c2ncc(I)cn2)CCN1c1ccncn1. The van der Waals surface area contributed by atoms with Crippen LogP contribution in [0, 0.1) is 3.57 Å². The minimum Gasteiger partial charge on any atom is -0.377 e. The van der Waals surface area contributed by atoms with Crippen LogP contribution in [0.2, 0.25) is 0 Å². The lowest BCUT2D eigenvalue weighted by molar-refractivity contribution is 0.104. The molecule has 0 saturated carbocycles. The monoisotopic (exact) mass is 444 g/mol. The van der Waals surface area contributed by atoms with Crippen LogP contribution < -0.4 is 9.80 Å². The van der Waals surface area contributed by atoms with Gasteiger partial charge in [0.25, 0.3) is 0 Å². The molecule has 1 aliphatic heterocycles. The summed E-state index contributed by atoms with van der Waals surface area (Å²) in [6.45, 7) is 2.28. The molecule has 2 aromatic heterocycles. The average molecular weight is 444 g/mol. The number of hydrogen-bond donors (Lipinski definition) is 0. The Bertz CT molecular complexity index is 632. The van der Waals surface area contributed by atoms with Crippen molar-refractivity contribution in [2.75, 3.05) is 49.3 Å². The predicted molar refractivity (Wildman–Crippen MR) is 96.9 cm³/mol. The molecular formula is C15H18FIN6O. The molecule has 1 saturated heterocycles. The van der Waals surface area contributed by atoms with Gasteiger partial charge in [-0.1, -0.05) is 0 Å². The predicted octanol–water partition coefficient (Wildman–Crippen LogP) is 1.55. The van der Waals surface area contributed by atoms with E-state index in [1.54, 1.807) is 18.6 Å². The van der Waals surface area contributed by atoms with E-state index in [1.165, 1.54) is 6.33 Å². The fourth-order valence-electron chi connectivity index (χ4n) is 2.68. The number of hydrogen-bond acceptors (Lipinski definition) is 7. The lowest BCUT2D eigenvalue weighted by Gasteiger charge is -2.41. The highest BCUT2D eigenvalue weighted by Gasteiger charge is 2.29. The largest absolute Gasteiger partial charge is 0.377 e. The molecule has 0 spiro atoms. The number of alkyl halides is 1. The molecule has 2 aromatic rings. The van der Waals surface area contributed by atoms with Crippen LogP contribution in [-0.4, -0.2) is 65.5 Å². The van der Waals surface area contributed by atoms with Crippen LogP contribution in [0.4, 0.5) is 16.2 Å². The van der Waals surface area contributed by atoms with Crippen LogP contribution in [0.3, 0.4) is 0 Å². The minimum atomic E-state index is -0.482. The van der Waals surface area contributed by atoms with Crippen LogP contribution in [0.5, 0.6) is 0 Å². The lowest BCUT2D eigenvalue weighted by Crippen LogP contribution is -2.56. The van der Waals surface area contributed by atoms with Crippen LogP contribution >= 0.6 is 22.6 Å². The van der Waals surface area contributed by atoms with E-state index in [1.807, 2.05) is 6.07 Å². The fourth-order valence-corrected chi connectivity index (χ4v) is 2.96. The van der Waals surface area contributed by atoms with E-state index in [0.717, 1.165) is 22.5 Å². The molecule has 1 fully saturated rings. The first-order valence-corrected chi connectivity index (χ1v) is 8.74. The van der Waals surface area contributed by atoms with Crippen LogP contribution in [0.25, 0.3) is 0 Å². The molecule has 128 valence electrons. The lowest BCUT2D eigenvalue weighted by atomic mass is 10.2. The maximum Gasteiger partial charge on any atom is 0.225 e. The van der Waals surface area contributed by atoms with Crippen LogP contribution in [-0.2, 0) is 4.74 Å². The van der Waals surface area contributed by atoms with Crippen molar-refractivity contribution in [1.82, 2.24) is 19.9 Å². The van der Waals surface area contributed by atoms with Crippen molar-refractivity contribution in [3.8, 4) is 0 Å². The second kappa shape index (κ2) is 8.47. The second-order valence-electron chi connectivity index (χ2n) is 5.33. The first-order valence-electron chi connectivity index (χ1n) is 7.67. The first kappa shape index (κ1) is 17.2. The Balaban J connectivity index is 1.74. The van der Waals surface area contributed by atoms with Gasteiger partial charge in [0, 0.05) is 41.8 Å². The smallest absolute Gasteiger partial charge is 0.225 e. The molecule has 0 N–H and O–H groups in total. The number of aromatic nitrogens is 4. The van der Waals surface area contributed by atoms with Gasteiger partial charge in [0.05, 0.1) is 19.3 Å². The van der Waals surface area contributed by atoms with Gasteiger partial charge in [0.2, 0.25) is 5.95 Å². The molecule has 24 heavy (non-hydrogen) atoms. The van der Waals surface area contributed by atoms with Crippen LogP contribution in [0.15, 0.2) is 31.0 Å². The molecular weight excluding hydrogens is 426 g/mol. The van der Waals surface area contributed by atoms with E-state index in [0.29, 0.717) is 19.1 Å². The number of ether oxygens (including phenoxy) is 1. The highest BCUT2D eigenvalue weighted by molar-refractivity contribution is 14.1. The summed E-state index contributed by atoms with van der Waals surface area (Å²) >= 11 is 2.18. The van der Waals surface area contributed by atoms with E-state index in [9.17, 15) is 4.39 Å². The summed E-state index contributed by atoms with van der Waals surface area (Å²) in [6, 6.07) is 1.92. The van der Waals surface area contributed by atoms with Crippen molar-refractivity contribution in [2.24, 2.45) is 0 Å². The van der Waals surface area contributed by atoms with Gasteiger partial charge in [-0.3, -0.25) is 0 Å². The van der Waals surface area contributed by atoms with E-state index < -0.39 is 6.67 Å². The fraction of sp³-hybridized carbons (Fsp3) is 0.467. The van der Waals surface area contributed by atoms with Gasteiger partial charge in [-0.15, -0.1) is 0 Å². The van der Waals surface area contributed by atoms with Gasteiger partial charge >= 0.3 is 0 Å². The Hall–Kier alpha value is -1.62. The van der Waals surface area contributed by atoms with Crippen molar-refractivity contribution < 1.29 is 9.13 Å². The van der Waals surface area contributed by atoms with Gasteiger partial charge in [-0.2, -0.15) is 0 Å². The topological polar surface area (TPSA) is 67.3 Å². The van der Waals surface area contributed by atoms with Crippen molar-refractivity contribution in [3.63, 3.8) is 0 Å². The van der Waals surface area contributed by atoms with Gasteiger partial charge in [0.15, 0.2) is 0 Å². The first-order chi connectivity index (χ1) is 11.8. The number of nitrogens with zero attached hydrogens (tertiary/aromatic N) is 6. The Kier molecular flexibility index (Phi) is 6.07. The zero-order valence-corrected chi connectivity index (χ0v) is 15.2. The van der Waals surface area contributed by atoms with E-state index in [-0.39, 0.29) is 12.6 Å². The third-order valence-electron chi connectivity index (χ3n) is 3.76. The summed E-state index contributed by atoms with van der Waals surface area (Å²) in [5.74, 6) is 1.55. The zero-order chi connectivity index (χ0) is 16.8. The molecule has 1 aliphatic rings. The Morgan fingerprint density at radius 2 is 2.08 bits per heavy atom. The molecule has 0 aromatic carbocycles. The van der Waals surface area contributed by atoms with Gasteiger partial charge in [0.1, 0.15) is 18.8 Å².